The number of rotatable bonds is 11. The molecule has 6 rings (SSSR count). The third-order valence-corrected chi connectivity index (χ3v) is 9.74. The number of nitrogen functional groups attached to an aromatic ring is 2. The van der Waals surface area contributed by atoms with Crippen LogP contribution >= 0.6 is 23.5 Å². The number of anilines is 4. The van der Waals surface area contributed by atoms with Crippen molar-refractivity contribution in [2.24, 2.45) is 5.73 Å². The second-order valence-corrected chi connectivity index (χ2v) is 13.4. The summed E-state index contributed by atoms with van der Waals surface area (Å²) in [6.07, 6.45) is 2.45. The lowest BCUT2D eigenvalue weighted by Crippen LogP contribution is -2.26. The number of nitrogens with two attached hydrogens (primary N) is 3. The molecular formula is C34H36N10O3S2. The van der Waals surface area contributed by atoms with E-state index < -0.39 is 5.91 Å². The molecule has 4 heterocycles. The molecule has 0 saturated heterocycles. The minimum absolute atomic E-state index is 0.0343. The van der Waals surface area contributed by atoms with Crippen LogP contribution in [0, 0.1) is 11.3 Å². The Balaban J connectivity index is 0.000000191. The van der Waals surface area contributed by atoms with E-state index in [9.17, 15) is 14.4 Å². The van der Waals surface area contributed by atoms with Gasteiger partial charge in [0, 0.05) is 28.2 Å². The lowest BCUT2D eigenvalue weighted by molar-refractivity contribution is -0.118. The molecule has 15 heteroatoms. The van der Waals surface area contributed by atoms with E-state index >= 15 is 0 Å². The summed E-state index contributed by atoms with van der Waals surface area (Å²) in [6, 6.07) is 16.1. The zero-order chi connectivity index (χ0) is 35.1. The average Bonchev–Trinajstić information content (AvgIpc) is 3.59. The third-order valence-electron chi connectivity index (χ3n) is 7.64. The van der Waals surface area contributed by atoms with Crippen molar-refractivity contribution in [2.75, 3.05) is 32.8 Å². The maximum Gasteiger partial charge on any atom is 0.248 e. The number of thioether (sulfide) groups is 2. The van der Waals surface area contributed by atoms with Gasteiger partial charge in [0.25, 0.3) is 0 Å². The fourth-order valence-corrected chi connectivity index (χ4v) is 6.52. The predicted octanol–water partition coefficient (Wildman–Crippen LogP) is 4.27. The van der Waals surface area contributed by atoms with Gasteiger partial charge in [-0.3, -0.25) is 24.2 Å². The van der Waals surface area contributed by atoms with Crippen molar-refractivity contribution in [1.82, 2.24) is 19.9 Å². The van der Waals surface area contributed by atoms with Gasteiger partial charge in [0.2, 0.25) is 17.7 Å². The van der Waals surface area contributed by atoms with Crippen molar-refractivity contribution in [3.8, 4) is 6.07 Å². The Morgan fingerprint density at radius 1 is 0.755 bits per heavy atom. The lowest BCUT2D eigenvalue weighted by atomic mass is 10.1. The molecule has 4 aromatic rings. The number of nitrogens with zero attached hydrogens (tertiary/aromatic N) is 7. The van der Waals surface area contributed by atoms with Crippen LogP contribution in [0.15, 0.2) is 58.8 Å². The highest BCUT2D eigenvalue weighted by Crippen LogP contribution is 2.35. The first-order chi connectivity index (χ1) is 23.6. The summed E-state index contributed by atoms with van der Waals surface area (Å²) in [5, 5.41) is 10.1. The van der Waals surface area contributed by atoms with Crippen molar-refractivity contribution >= 4 is 64.5 Å². The maximum absolute atomic E-state index is 12.4. The quantitative estimate of drug-likeness (QED) is 0.148. The van der Waals surface area contributed by atoms with E-state index in [1.165, 1.54) is 23.5 Å². The standard InChI is InChI=1S/C17H19N5O2S.C17H17N5OS/c1-2-7-25-17-20-14(18)12-8-13(23)22(16(12)21-17)9-10-3-5-11(6-4-10)15(19)24;1-2-7-24-17-20-15(19)13-8-14(23)22(16(13)21-17)10-12-5-3-11(9-18)4-6-12/h3-6H,2,7-9H2,1H3,(H2,19,24)(H2,18,20,21);3-6H,2,7-8,10H2,1H3,(H2,19,20,21). The molecule has 0 aliphatic carbocycles. The van der Waals surface area contributed by atoms with E-state index in [1.807, 2.05) is 12.1 Å². The van der Waals surface area contributed by atoms with Crippen molar-refractivity contribution in [2.45, 2.75) is 62.9 Å². The Hall–Kier alpha value is -5.20. The average molecular weight is 697 g/mol. The Labute approximate surface area is 292 Å². The number of carbonyl (C=O) groups excluding carboxylic acids is 3. The monoisotopic (exact) mass is 696 g/mol. The first kappa shape index (κ1) is 35.1. The number of nitriles is 1. The Morgan fingerprint density at radius 2 is 1.18 bits per heavy atom. The van der Waals surface area contributed by atoms with Gasteiger partial charge < -0.3 is 17.2 Å². The summed E-state index contributed by atoms with van der Waals surface area (Å²) in [4.78, 5) is 56.9. The first-order valence-corrected chi connectivity index (χ1v) is 17.7. The molecule has 0 saturated carbocycles. The minimum atomic E-state index is -0.479. The van der Waals surface area contributed by atoms with Gasteiger partial charge in [0.05, 0.1) is 37.6 Å². The summed E-state index contributed by atoms with van der Waals surface area (Å²) < 4.78 is 0. The molecule has 6 N–H and O–H groups in total. The summed E-state index contributed by atoms with van der Waals surface area (Å²) in [5.74, 6) is 3.15. The minimum Gasteiger partial charge on any atom is -0.383 e. The molecule has 0 radical (unpaired) electrons. The van der Waals surface area contributed by atoms with Crippen LogP contribution in [0.5, 0.6) is 0 Å². The molecule has 0 unspecified atom stereocenters. The predicted molar refractivity (Wildman–Crippen MR) is 191 cm³/mol. The zero-order valence-corrected chi connectivity index (χ0v) is 28.8. The van der Waals surface area contributed by atoms with Crippen LogP contribution in [0.1, 0.15) is 64.9 Å². The molecule has 49 heavy (non-hydrogen) atoms. The number of hydrogen-bond acceptors (Lipinski definition) is 12. The normalized spacial score (nSPS) is 13.1. The highest BCUT2D eigenvalue weighted by Gasteiger charge is 2.33. The number of aromatic nitrogens is 4. The number of benzene rings is 2. The SMILES string of the molecule is CCCSc1nc(N)c2c(n1)N(Cc1ccc(C#N)cc1)C(=O)C2.CCCSc1nc(N)c2c(n1)N(Cc1ccc(C(N)=O)cc1)C(=O)C2. The van der Waals surface area contributed by atoms with Crippen LogP contribution in [-0.4, -0.2) is 49.2 Å². The van der Waals surface area contributed by atoms with Crippen molar-refractivity contribution in [1.29, 1.82) is 5.26 Å². The van der Waals surface area contributed by atoms with E-state index in [0.29, 0.717) is 68.9 Å². The Kier molecular flexibility index (Phi) is 11.3. The van der Waals surface area contributed by atoms with Gasteiger partial charge >= 0.3 is 0 Å². The smallest absolute Gasteiger partial charge is 0.248 e. The van der Waals surface area contributed by atoms with Gasteiger partial charge in [-0.2, -0.15) is 5.26 Å². The van der Waals surface area contributed by atoms with Gasteiger partial charge in [-0.15, -0.1) is 0 Å². The molecular weight excluding hydrogens is 661 g/mol. The van der Waals surface area contributed by atoms with Crippen LogP contribution < -0.4 is 27.0 Å². The number of hydrogen-bond donors (Lipinski definition) is 3. The number of amides is 3. The fraction of sp³-hybridized carbons (Fsp3) is 0.294. The topological polar surface area (TPSA) is 211 Å². The highest BCUT2D eigenvalue weighted by molar-refractivity contribution is 7.99. The van der Waals surface area contributed by atoms with Gasteiger partial charge in [-0.05, 0) is 48.2 Å². The van der Waals surface area contributed by atoms with Crippen LogP contribution in [0.3, 0.4) is 0 Å². The van der Waals surface area contributed by atoms with Gasteiger partial charge in [-0.25, -0.2) is 19.9 Å². The second kappa shape index (κ2) is 15.8. The molecule has 0 spiro atoms. The number of primary amides is 1. The van der Waals surface area contributed by atoms with Crippen LogP contribution in [0.25, 0.3) is 0 Å². The third kappa shape index (κ3) is 8.27. The largest absolute Gasteiger partial charge is 0.383 e. The van der Waals surface area contributed by atoms with E-state index in [1.54, 1.807) is 46.2 Å². The summed E-state index contributed by atoms with van der Waals surface area (Å²) >= 11 is 3.06. The zero-order valence-electron chi connectivity index (χ0n) is 27.2. The Bertz CT molecular complexity index is 1910. The molecule has 252 valence electrons. The van der Waals surface area contributed by atoms with Gasteiger partial charge in [0.15, 0.2) is 10.3 Å². The van der Waals surface area contributed by atoms with Crippen molar-refractivity contribution in [3.05, 3.63) is 81.9 Å². The maximum atomic E-state index is 12.4. The van der Waals surface area contributed by atoms with Crippen LogP contribution in [0.4, 0.5) is 23.3 Å². The molecule has 3 amide bonds. The fourth-order valence-electron chi connectivity index (χ4n) is 5.12. The van der Waals surface area contributed by atoms with Crippen molar-refractivity contribution in [3.63, 3.8) is 0 Å². The van der Waals surface area contributed by atoms with E-state index in [4.69, 9.17) is 22.5 Å². The van der Waals surface area contributed by atoms with Crippen LogP contribution in [0.2, 0.25) is 0 Å². The lowest BCUT2D eigenvalue weighted by Gasteiger charge is -2.17. The molecule has 0 bridgehead atoms. The summed E-state index contributed by atoms with van der Waals surface area (Å²) in [7, 11) is 0. The molecule has 13 nitrogen and oxygen atoms in total. The summed E-state index contributed by atoms with van der Waals surface area (Å²) in [6.45, 7) is 4.94. The highest BCUT2D eigenvalue weighted by atomic mass is 32.2. The molecule has 2 aliphatic heterocycles. The van der Waals surface area contributed by atoms with E-state index in [2.05, 4.69) is 39.9 Å². The van der Waals surface area contributed by atoms with E-state index in [0.717, 1.165) is 35.5 Å². The first-order valence-electron chi connectivity index (χ1n) is 15.7. The molecule has 2 aromatic carbocycles. The molecule has 2 aliphatic rings. The van der Waals surface area contributed by atoms with Gasteiger partial charge in [0.1, 0.15) is 23.3 Å². The number of fused-ring (bicyclic) bond motifs is 2. The van der Waals surface area contributed by atoms with Gasteiger partial charge in [-0.1, -0.05) is 61.6 Å². The van der Waals surface area contributed by atoms with Crippen LogP contribution in [-0.2, 0) is 35.5 Å². The van der Waals surface area contributed by atoms with E-state index in [-0.39, 0.29) is 24.7 Å². The summed E-state index contributed by atoms with van der Waals surface area (Å²) in [5.41, 5.74) is 21.5. The molecule has 0 atom stereocenters. The molecule has 0 fully saturated rings. The molecule has 2 aromatic heterocycles. The Morgan fingerprint density at radius 3 is 1.57 bits per heavy atom. The number of carbonyl (C=O) groups is 3. The second-order valence-electron chi connectivity index (χ2n) is 11.3. The van der Waals surface area contributed by atoms with Crippen molar-refractivity contribution < 1.29 is 14.4 Å².